The Morgan fingerprint density at radius 2 is 2.05 bits per heavy atom. The molecule has 1 heterocycles. The molecule has 1 aromatic heterocycles. The molecule has 118 valence electrons. The Balaban J connectivity index is 2.61. The fraction of sp³-hybridized carbons (Fsp3) is 0.600. The van der Waals surface area contributed by atoms with Gasteiger partial charge in [-0.25, -0.2) is 4.79 Å². The third-order valence-corrected chi connectivity index (χ3v) is 3.85. The van der Waals surface area contributed by atoms with Crippen LogP contribution in [0.1, 0.15) is 42.0 Å². The van der Waals surface area contributed by atoms with Crippen LogP contribution in [0.25, 0.3) is 0 Å². The number of carbonyl (C=O) groups is 2. The van der Waals surface area contributed by atoms with Crippen molar-refractivity contribution >= 4 is 11.9 Å². The van der Waals surface area contributed by atoms with Gasteiger partial charge >= 0.3 is 11.9 Å². The van der Waals surface area contributed by atoms with Gasteiger partial charge in [-0.1, -0.05) is 0 Å². The largest absolute Gasteiger partial charge is 0.481 e. The number of carboxylic acids is 1. The first-order chi connectivity index (χ1) is 9.70. The molecule has 21 heavy (non-hydrogen) atoms. The van der Waals surface area contributed by atoms with Crippen molar-refractivity contribution in [1.82, 2.24) is 9.88 Å². The number of methoxy groups -OCH3 is 1. The summed E-state index contributed by atoms with van der Waals surface area (Å²) < 4.78 is 6.68. The normalized spacial score (nSPS) is 11.5. The SMILES string of the molecule is COC(=O)c1cc(CNCCC(C)(C)C(=O)O)n(C)c1C. The number of esters is 1. The summed E-state index contributed by atoms with van der Waals surface area (Å²) >= 11 is 0. The summed E-state index contributed by atoms with van der Waals surface area (Å²) in [6.45, 7) is 6.45. The highest BCUT2D eigenvalue weighted by molar-refractivity contribution is 5.91. The molecule has 1 aromatic rings. The Labute approximate surface area is 125 Å². The number of rotatable bonds is 7. The van der Waals surface area contributed by atoms with E-state index in [1.54, 1.807) is 19.9 Å². The van der Waals surface area contributed by atoms with Crippen LogP contribution in [0.2, 0.25) is 0 Å². The van der Waals surface area contributed by atoms with Crippen LogP contribution in [0.4, 0.5) is 0 Å². The molecular formula is C15H24N2O4. The summed E-state index contributed by atoms with van der Waals surface area (Å²) in [6.07, 6.45) is 0.537. The number of aromatic nitrogens is 1. The number of carbonyl (C=O) groups excluding carboxylic acids is 1. The molecule has 0 aliphatic heterocycles. The summed E-state index contributed by atoms with van der Waals surface area (Å²) in [4.78, 5) is 22.6. The van der Waals surface area contributed by atoms with Crippen LogP contribution in [-0.4, -0.2) is 35.3 Å². The Bertz CT molecular complexity index is 532. The Kier molecular flexibility index (Phi) is 5.54. The first kappa shape index (κ1) is 17.2. The van der Waals surface area contributed by atoms with Gasteiger partial charge in [0.15, 0.2) is 0 Å². The van der Waals surface area contributed by atoms with Gasteiger partial charge < -0.3 is 19.7 Å². The highest BCUT2D eigenvalue weighted by atomic mass is 16.5. The quantitative estimate of drug-likeness (QED) is 0.591. The molecule has 1 rings (SSSR count). The molecule has 0 aliphatic rings. The Hall–Kier alpha value is -1.82. The molecule has 0 aliphatic carbocycles. The minimum absolute atomic E-state index is 0.346. The first-order valence-electron chi connectivity index (χ1n) is 6.88. The van der Waals surface area contributed by atoms with E-state index in [9.17, 15) is 9.59 Å². The van der Waals surface area contributed by atoms with E-state index in [1.807, 2.05) is 18.5 Å². The lowest BCUT2D eigenvalue weighted by molar-refractivity contribution is -0.147. The third kappa shape index (κ3) is 4.07. The highest BCUT2D eigenvalue weighted by Crippen LogP contribution is 2.19. The van der Waals surface area contributed by atoms with Gasteiger partial charge in [0, 0.05) is 25.0 Å². The van der Waals surface area contributed by atoms with Crippen LogP contribution in [0.5, 0.6) is 0 Å². The van der Waals surface area contributed by atoms with Crippen molar-refractivity contribution in [2.45, 2.75) is 33.7 Å². The van der Waals surface area contributed by atoms with Crippen molar-refractivity contribution in [3.8, 4) is 0 Å². The third-order valence-electron chi connectivity index (χ3n) is 3.85. The maximum atomic E-state index is 11.6. The minimum atomic E-state index is -0.799. The average molecular weight is 296 g/mol. The molecule has 0 amide bonds. The summed E-state index contributed by atoms with van der Waals surface area (Å²) in [7, 11) is 3.25. The van der Waals surface area contributed by atoms with Crippen molar-refractivity contribution in [2.75, 3.05) is 13.7 Å². The van der Waals surface area contributed by atoms with Crippen LogP contribution in [0.15, 0.2) is 6.07 Å². The number of hydrogen-bond donors (Lipinski definition) is 2. The molecule has 0 saturated carbocycles. The fourth-order valence-corrected chi connectivity index (χ4v) is 1.97. The summed E-state index contributed by atoms with van der Waals surface area (Å²) in [5.74, 6) is -1.15. The van der Waals surface area contributed by atoms with Gasteiger partial charge in [-0.05, 0) is 39.8 Å². The van der Waals surface area contributed by atoms with E-state index in [4.69, 9.17) is 9.84 Å². The number of aliphatic carboxylic acids is 1. The smallest absolute Gasteiger partial charge is 0.339 e. The van der Waals surface area contributed by atoms with Crippen molar-refractivity contribution in [3.05, 3.63) is 23.0 Å². The van der Waals surface area contributed by atoms with E-state index in [1.165, 1.54) is 7.11 Å². The maximum absolute atomic E-state index is 11.6. The Morgan fingerprint density at radius 1 is 1.43 bits per heavy atom. The number of hydrogen-bond acceptors (Lipinski definition) is 4. The van der Waals surface area contributed by atoms with Crippen molar-refractivity contribution in [3.63, 3.8) is 0 Å². The molecule has 6 nitrogen and oxygen atoms in total. The number of nitrogens with one attached hydrogen (secondary N) is 1. The molecule has 0 bridgehead atoms. The maximum Gasteiger partial charge on any atom is 0.339 e. The van der Waals surface area contributed by atoms with Crippen LogP contribution in [0, 0.1) is 12.3 Å². The molecule has 0 spiro atoms. The Morgan fingerprint density at radius 3 is 2.57 bits per heavy atom. The molecule has 0 unspecified atom stereocenters. The van der Waals surface area contributed by atoms with Gasteiger partial charge in [-0.15, -0.1) is 0 Å². The van der Waals surface area contributed by atoms with E-state index in [2.05, 4.69) is 5.32 Å². The predicted molar refractivity (Wildman–Crippen MR) is 79.2 cm³/mol. The van der Waals surface area contributed by atoms with Crippen molar-refractivity contribution in [2.24, 2.45) is 12.5 Å². The van der Waals surface area contributed by atoms with Crippen LogP contribution < -0.4 is 5.32 Å². The molecular weight excluding hydrogens is 272 g/mol. The van der Waals surface area contributed by atoms with Gasteiger partial charge in [-0.2, -0.15) is 0 Å². The van der Waals surface area contributed by atoms with Crippen molar-refractivity contribution in [1.29, 1.82) is 0 Å². The highest BCUT2D eigenvalue weighted by Gasteiger charge is 2.26. The standard InChI is InChI=1S/C15H24N2O4/c1-10-12(13(18)21-5)8-11(17(10)4)9-16-7-6-15(2,3)14(19)20/h8,16H,6-7,9H2,1-5H3,(H,19,20). The number of carboxylic acid groups (broad SMARTS) is 1. The minimum Gasteiger partial charge on any atom is -0.481 e. The lowest BCUT2D eigenvalue weighted by Gasteiger charge is -2.19. The van der Waals surface area contributed by atoms with Gasteiger partial charge in [0.1, 0.15) is 0 Å². The predicted octanol–water partition coefficient (Wildman–Crippen LogP) is 1.71. The van der Waals surface area contributed by atoms with Crippen LogP contribution >= 0.6 is 0 Å². The lowest BCUT2D eigenvalue weighted by atomic mass is 9.90. The van der Waals surface area contributed by atoms with Crippen LogP contribution in [0.3, 0.4) is 0 Å². The number of nitrogens with zero attached hydrogens (tertiary/aromatic N) is 1. The molecule has 0 atom stereocenters. The second kappa shape index (κ2) is 6.76. The van der Waals surface area contributed by atoms with Gasteiger partial charge in [0.05, 0.1) is 18.1 Å². The lowest BCUT2D eigenvalue weighted by Crippen LogP contribution is -2.29. The van der Waals surface area contributed by atoms with E-state index in [0.29, 0.717) is 25.1 Å². The number of ether oxygens (including phenoxy) is 1. The first-order valence-corrected chi connectivity index (χ1v) is 6.88. The van der Waals surface area contributed by atoms with Crippen molar-refractivity contribution < 1.29 is 19.4 Å². The molecule has 0 fully saturated rings. The van der Waals surface area contributed by atoms with Crippen LogP contribution in [-0.2, 0) is 23.1 Å². The van der Waals surface area contributed by atoms with E-state index < -0.39 is 11.4 Å². The van der Waals surface area contributed by atoms with E-state index in [-0.39, 0.29) is 5.97 Å². The summed E-state index contributed by atoms with van der Waals surface area (Å²) in [5, 5.41) is 12.3. The zero-order chi connectivity index (χ0) is 16.2. The molecule has 0 aromatic carbocycles. The fourth-order valence-electron chi connectivity index (χ4n) is 1.97. The van der Waals surface area contributed by atoms with E-state index >= 15 is 0 Å². The second-order valence-corrected chi connectivity index (χ2v) is 5.80. The molecule has 6 heteroatoms. The zero-order valence-corrected chi connectivity index (χ0v) is 13.3. The monoisotopic (exact) mass is 296 g/mol. The molecule has 2 N–H and O–H groups in total. The van der Waals surface area contributed by atoms with Gasteiger partial charge in [0.25, 0.3) is 0 Å². The molecule has 0 radical (unpaired) electrons. The summed E-state index contributed by atoms with van der Waals surface area (Å²) in [5.41, 5.74) is 1.63. The second-order valence-electron chi connectivity index (χ2n) is 5.80. The zero-order valence-electron chi connectivity index (χ0n) is 13.3. The molecule has 0 saturated heterocycles. The topological polar surface area (TPSA) is 80.6 Å². The summed E-state index contributed by atoms with van der Waals surface area (Å²) in [6, 6.07) is 1.80. The van der Waals surface area contributed by atoms with E-state index in [0.717, 1.165) is 11.4 Å². The average Bonchev–Trinajstić information content (AvgIpc) is 2.70. The van der Waals surface area contributed by atoms with Gasteiger partial charge in [-0.3, -0.25) is 4.79 Å². The van der Waals surface area contributed by atoms with Gasteiger partial charge in [0.2, 0.25) is 0 Å².